The molecule has 120 valence electrons. The van der Waals surface area contributed by atoms with Gasteiger partial charge >= 0.3 is 0 Å². The molecule has 0 aliphatic heterocycles. The van der Waals surface area contributed by atoms with Gasteiger partial charge in [-0.3, -0.25) is 9.36 Å². The number of H-pyrrole nitrogens is 1. The van der Waals surface area contributed by atoms with Crippen molar-refractivity contribution >= 4 is 11.0 Å². The largest absolute Gasteiger partial charge is 0.497 e. The van der Waals surface area contributed by atoms with Crippen LogP contribution < -0.4 is 10.3 Å². The number of ether oxygens (including phenoxy) is 1. The minimum Gasteiger partial charge on any atom is -0.497 e. The average Bonchev–Trinajstić information content (AvgIpc) is 3.23. The van der Waals surface area contributed by atoms with Gasteiger partial charge in [-0.15, -0.1) is 0 Å². The Morgan fingerprint density at radius 2 is 2.04 bits per heavy atom. The van der Waals surface area contributed by atoms with Gasteiger partial charge in [0.1, 0.15) is 17.6 Å². The molecular formula is C16H14N6O2. The fraction of sp³-hybridized carbons (Fsp3) is 0.125. The Kier molecular flexibility index (Phi) is 3.34. The van der Waals surface area contributed by atoms with Crippen LogP contribution in [0.3, 0.4) is 0 Å². The van der Waals surface area contributed by atoms with Crippen molar-refractivity contribution < 1.29 is 4.74 Å². The van der Waals surface area contributed by atoms with Crippen molar-refractivity contribution in [2.24, 2.45) is 0 Å². The van der Waals surface area contributed by atoms with E-state index < -0.39 is 0 Å². The van der Waals surface area contributed by atoms with Crippen LogP contribution in [0.1, 0.15) is 5.56 Å². The number of aromatic amines is 1. The molecule has 0 aliphatic rings. The third-order valence-corrected chi connectivity index (χ3v) is 3.75. The highest BCUT2D eigenvalue weighted by Crippen LogP contribution is 2.19. The molecule has 0 saturated carbocycles. The lowest BCUT2D eigenvalue weighted by molar-refractivity contribution is 0.414. The number of aromatic nitrogens is 6. The monoisotopic (exact) mass is 322 g/mol. The number of rotatable bonds is 4. The van der Waals surface area contributed by atoms with E-state index in [1.807, 2.05) is 24.3 Å². The van der Waals surface area contributed by atoms with Crippen LogP contribution in [0, 0.1) is 0 Å². The molecule has 24 heavy (non-hydrogen) atoms. The third-order valence-electron chi connectivity index (χ3n) is 3.75. The zero-order valence-corrected chi connectivity index (χ0v) is 12.9. The molecule has 3 heterocycles. The maximum absolute atomic E-state index is 12.0. The number of hydrogen-bond donors (Lipinski definition) is 1. The highest BCUT2D eigenvalue weighted by molar-refractivity contribution is 5.81. The molecule has 0 fully saturated rings. The molecule has 0 radical (unpaired) electrons. The molecule has 3 aromatic heterocycles. The Labute approximate surface area is 136 Å². The van der Waals surface area contributed by atoms with Crippen LogP contribution in [0.5, 0.6) is 5.75 Å². The summed E-state index contributed by atoms with van der Waals surface area (Å²) in [4.78, 5) is 22.9. The second kappa shape index (κ2) is 5.65. The Hall–Kier alpha value is -3.42. The second-order valence-electron chi connectivity index (χ2n) is 5.23. The zero-order chi connectivity index (χ0) is 16.5. The lowest BCUT2D eigenvalue weighted by Crippen LogP contribution is -2.08. The van der Waals surface area contributed by atoms with E-state index in [0.29, 0.717) is 23.4 Å². The molecule has 0 saturated heterocycles. The summed E-state index contributed by atoms with van der Waals surface area (Å²) in [5, 5.41) is 4.44. The number of imidazole rings is 1. The quantitative estimate of drug-likeness (QED) is 0.612. The number of nitrogens with one attached hydrogen (secondary N) is 1. The Balaban J connectivity index is 1.86. The fourth-order valence-corrected chi connectivity index (χ4v) is 2.59. The molecule has 4 rings (SSSR count). The molecule has 0 atom stereocenters. The van der Waals surface area contributed by atoms with Gasteiger partial charge in [-0.05, 0) is 17.7 Å². The normalized spacial score (nSPS) is 11.0. The fourth-order valence-electron chi connectivity index (χ4n) is 2.59. The van der Waals surface area contributed by atoms with Crippen LogP contribution in [0.4, 0.5) is 0 Å². The summed E-state index contributed by atoms with van der Waals surface area (Å²) < 4.78 is 8.72. The van der Waals surface area contributed by atoms with Gasteiger partial charge in [-0.2, -0.15) is 5.10 Å². The van der Waals surface area contributed by atoms with E-state index in [4.69, 9.17) is 4.74 Å². The summed E-state index contributed by atoms with van der Waals surface area (Å²) in [6.45, 7) is 0.493. The highest BCUT2D eigenvalue weighted by Gasteiger charge is 2.16. The summed E-state index contributed by atoms with van der Waals surface area (Å²) >= 11 is 0. The Bertz CT molecular complexity index is 1030. The smallest absolute Gasteiger partial charge is 0.279 e. The van der Waals surface area contributed by atoms with E-state index in [-0.39, 0.29) is 5.56 Å². The molecule has 0 aliphatic carbocycles. The molecule has 4 aromatic rings. The molecule has 0 spiro atoms. The molecule has 8 heteroatoms. The molecule has 0 unspecified atom stereocenters. The minimum absolute atomic E-state index is 0.269. The van der Waals surface area contributed by atoms with E-state index in [1.165, 1.54) is 6.33 Å². The van der Waals surface area contributed by atoms with E-state index >= 15 is 0 Å². The van der Waals surface area contributed by atoms with Crippen molar-refractivity contribution in [3.05, 3.63) is 65.2 Å². The van der Waals surface area contributed by atoms with Crippen LogP contribution in [0.25, 0.3) is 16.9 Å². The number of nitrogens with zero attached hydrogens (tertiary/aromatic N) is 5. The van der Waals surface area contributed by atoms with Gasteiger partial charge in [0.2, 0.25) is 0 Å². The third kappa shape index (κ3) is 2.34. The number of fused-ring (bicyclic) bond motifs is 1. The number of hydrogen-bond acceptors (Lipinski definition) is 5. The summed E-state index contributed by atoms with van der Waals surface area (Å²) in [7, 11) is 1.63. The maximum Gasteiger partial charge on any atom is 0.279 e. The first-order valence-corrected chi connectivity index (χ1v) is 7.32. The van der Waals surface area contributed by atoms with Crippen molar-refractivity contribution in [2.45, 2.75) is 6.54 Å². The van der Waals surface area contributed by atoms with Gasteiger partial charge < -0.3 is 9.72 Å². The lowest BCUT2D eigenvalue weighted by Gasteiger charge is -2.08. The van der Waals surface area contributed by atoms with Gasteiger partial charge in [-0.1, -0.05) is 12.1 Å². The second-order valence-corrected chi connectivity index (χ2v) is 5.23. The van der Waals surface area contributed by atoms with Crippen LogP contribution in [-0.4, -0.2) is 36.4 Å². The van der Waals surface area contributed by atoms with Crippen LogP contribution in [0.15, 0.2) is 54.1 Å². The van der Waals surface area contributed by atoms with E-state index in [1.54, 1.807) is 35.1 Å². The van der Waals surface area contributed by atoms with Crippen molar-refractivity contribution in [3.63, 3.8) is 0 Å². The van der Waals surface area contributed by atoms with E-state index in [0.717, 1.165) is 11.3 Å². The molecule has 0 bridgehead atoms. The molecule has 1 aromatic carbocycles. The first-order chi connectivity index (χ1) is 11.8. The number of benzene rings is 1. The molecule has 1 N–H and O–H groups in total. The van der Waals surface area contributed by atoms with E-state index in [2.05, 4.69) is 20.1 Å². The summed E-state index contributed by atoms with van der Waals surface area (Å²) in [5.74, 6) is 1.49. The van der Waals surface area contributed by atoms with Gasteiger partial charge in [0.15, 0.2) is 11.3 Å². The predicted octanol–water partition coefficient (Wildman–Crippen LogP) is 1.36. The standard InChI is InChI=1S/C16H14N6O2/c1-24-12-4-2-11(3-5-12)8-22-16(21-7-6-17-10-21)14-13(20-22)15(23)19-9-18-14/h2-7,9-10H,8H2,1H3,(H,18,19,23). The zero-order valence-electron chi connectivity index (χ0n) is 12.9. The van der Waals surface area contributed by atoms with E-state index in [9.17, 15) is 4.79 Å². The van der Waals surface area contributed by atoms with Gasteiger partial charge in [0.25, 0.3) is 5.56 Å². The van der Waals surface area contributed by atoms with Crippen molar-refractivity contribution in [2.75, 3.05) is 7.11 Å². The summed E-state index contributed by atoms with van der Waals surface area (Å²) in [6.07, 6.45) is 6.50. The van der Waals surface area contributed by atoms with Crippen LogP contribution in [0.2, 0.25) is 0 Å². The Morgan fingerprint density at radius 1 is 1.21 bits per heavy atom. The van der Waals surface area contributed by atoms with Crippen LogP contribution >= 0.6 is 0 Å². The predicted molar refractivity (Wildman–Crippen MR) is 87.4 cm³/mol. The highest BCUT2D eigenvalue weighted by atomic mass is 16.5. The average molecular weight is 322 g/mol. The molecule has 0 amide bonds. The topological polar surface area (TPSA) is 90.6 Å². The van der Waals surface area contributed by atoms with Gasteiger partial charge in [0.05, 0.1) is 20.0 Å². The Morgan fingerprint density at radius 3 is 2.75 bits per heavy atom. The first kappa shape index (κ1) is 14.2. The van der Waals surface area contributed by atoms with Crippen molar-refractivity contribution in [1.29, 1.82) is 0 Å². The summed E-state index contributed by atoms with van der Waals surface area (Å²) in [5.41, 5.74) is 1.59. The molecular weight excluding hydrogens is 308 g/mol. The number of methoxy groups -OCH3 is 1. The maximum atomic E-state index is 12.0. The van der Waals surface area contributed by atoms with Gasteiger partial charge in [-0.25, -0.2) is 14.6 Å². The van der Waals surface area contributed by atoms with Crippen molar-refractivity contribution in [1.82, 2.24) is 29.3 Å². The van der Waals surface area contributed by atoms with Crippen LogP contribution in [-0.2, 0) is 6.54 Å². The lowest BCUT2D eigenvalue weighted by atomic mass is 10.2. The SMILES string of the molecule is COc1ccc(Cn2nc3c(=O)[nH]cnc3c2-n2ccnc2)cc1. The van der Waals surface area contributed by atoms with Gasteiger partial charge in [0, 0.05) is 12.4 Å². The van der Waals surface area contributed by atoms with Crippen molar-refractivity contribution in [3.8, 4) is 11.6 Å². The first-order valence-electron chi connectivity index (χ1n) is 7.32. The summed E-state index contributed by atoms with van der Waals surface area (Å²) in [6, 6.07) is 7.70. The minimum atomic E-state index is -0.269. The molecule has 8 nitrogen and oxygen atoms in total.